The van der Waals surface area contributed by atoms with Gasteiger partial charge in [0.2, 0.25) is 5.91 Å². The Morgan fingerprint density at radius 2 is 1.86 bits per heavy atom. The van der Waals surface area contributed by atoms with Gasteiger partial charge in [-0.2, -0.15) is 0 Å². The molecular weight excluding hydrogens is 456 g/mol. The molecule has 4 aliphatic heterocycles. The number of rotatable bonds is 6. The van der Waals surface area contributed by atoms with Gasteiger partial charge >= 0.3 is 0 Å². The van der Waals surface area contributed by atoms with Gasteiger partial charge in [0.1, 0.15) is 11.5 Å². The third-order valence-electron chi connectivity index (χ3n) is 8.66. The second kappa shape index (κ2) is 9.61. The van der Waals surface area contributed by atoms with Gasteiger partial charge in [-0.05, 0) is 35.8 Å². The van der Waals surface area contributed by atoms with E-state index in [-0.39, 0.29) is 17.5 Å². The SMILES string of the molecule is NC(=O)c1nc2n(c1C[C@@H](O)CN1CCc3ccccc3C1)CC(C(=O)N1CC3CNCC3C1)CC2. The molecule has 192 valence electrons. The van der Waals surface area contributed by atoms with Crippen LogP contribution in [0, 0.1) is 17.8 Å². The lowest BCUT2D eigenvalue weighted by molar-refractivity contribution is -0.135. The number of hydrogen-bond acceptors (Lipinski definition) is 6. The van der Waals surface area contributed by atoms with Crippen molar-refractivity contribution in [3.8, 4) is 0 Å². The number of amides is 2. The Kier molecular flexibility index (Phi) is 6.31. The number of primary amides is 1. The minimum atomic E-state index is -0.657. The smallest absolute Gasteiger partial charge is 0.269 e. The summed E-state index contributed by atoms with van der Waals surface area (Å²) in [4.78, 5) is 34.5. The highest BCUT2D eigenvalue weighted by Crippen LogP contribution is 2.31. The first-order valence-electron chi connectivity index (χ1n) is 13.3. The Balaban J connectivity index is 1.15. The molecule has 0 bridgehead atoms. The van der Waals surface area contributed by atoms with Crippen molar-refractivity contribution >= 4 is 11.8 Å². The van der Waals surface area contributed by atoms with E-state index >= 15 is 0 Å². The highest BCUT2D eigenvalue weighted by atomic mass is 16.3. The van der Waals surface area contributed by atoms with Crippen LogP contribution in [-0.2, 0) is 37.1 Å². The predicted molar refractivity (Wildman–Crippen MR) is 134 cm³/mol. The maximum atomic E-state index is 13.4. The van der Waals surface area contributed by atoms with Crippen LogP contribution in [-0.4, -0.2) is 81.6 Å². The number of nitrogens with zero attached hydrogens (tertiary/aromatic N) is 4. The quantitative estimate of drug-likeness (QED) is 0.530. The summed E-state index contributed by atoms with van der Waals surface area (Å²) in [6.07, 6.45) is 1.97. The minimum absolute atomic E-state index is 0.131. The number of carbonyl (C=O) groups excluding carboxylic acids is 2. The Hall–Kier alpha value is -2.75. The van der Waals surface area contributed by atoms with Crippen molar-refractivity contribution in [1.29, 1.82) is 0 Å². The lowest BCUT2D eigenvalue weighted by atomic mass is 9.97. The van der Waals surface area contributed by atoms with Crippen LogP contribution in [0.2, 0.25) is 0 Å². The second-order valence-corrected chi connectivity index (χ2v) is 11.1. The van der Waals surface area contributed by atoms with Crippen molar-refractivity contribution in [2.75, 3.05) is 39.3 Å². The van der Waals surface area contributed by atoms with E-state index in [9.17, 15) is 14.7 Å². The maximum Gasteiger partial charge on any atom is 0.269 e. The van der Waals surface area contributed by atoms with Crippen molar-refractivity contribution in [2.24, 2.45) is 23.5 Å². The van der Waals surface area contributed by atoms with Crippen LogP contribution in [0.5, 0.6) is 0 Å². The first kappa shape index (κ1) is 23.6. The Morgan fingerprint density at radius 3 is 2.61 bits per heavy atom. The van der Waals surface area contributed by atoms with E-state index < -0.39 is 12.0 Å². The predicted octanol–water partition coefficient (Wildman–Crippen LogP) is 0.184. The van der Waals surface area contributed by atoms with Crippen molar-refractivity contribution in [1.82, 2.24) is 24.7 Å². The van der Waals surface area contributed by atoms with Gasteiger partial charge < -0.3 is 25.6 Å². The van der Waals surface area contributed by atoms with Crippen LogP contribution in [0.3, 0.4) is 0 Å². The first-order chi connectivity index (χ1) is 17.5. The van der Waals surface area contributed by atoms with Gasteiger partial charge in [0.05, 0.1) is 17.7 Å². The molecule has 9 nitrogen and oxygen atoms in total. The molecule has 3 unspecified atom stereocenters. The number of aromatic nitrogens is 2. The summed E-state index contributed by atoms with van der Waals surface area (Å²) >= 11 is 0. The standard InChI is InChI=1S/C27H36N6O3/c28-26(35)25-23(9-22(34)16-31-8-7-17-3-1-2-4-18(17)12-31)33-15-19(5-6-24(33)30-25)27(36)32-13-20-10-29-11-21(20)14-32/h1-4,19-22,29,34H,5-16H2,(H2,28,35)/t19?,20?,21?,22-/m1/s1. The first-order valence-corrected chi connectivity index (χ1v) is 13.3. The van der Waals surface area contributed by atoms with E-state index in [1.165, 1.54) is 11.1 Å². The molecule has 2 amide bonds. The van der Waals surface area contributed by atoms with Crippen LogP contribution >= 0.6 is 0 Å². The van der Waals surface area contributed by atoms with Crippen LogP contribution in [0.4, 0.5) is 0 Å². The van der Waals surface area contributed by atoms with Crippen molar-refractivity contribution in [2.45, 2.75) is 44.9 Å². The number of likely N-dealkylation sites (tertiary alicyclic amines) is 1. The van der Waals surface area contributed by atoms with Crippen molar-refractivity contribution in [3.63, 3.8) is 0 Å². The molecule has 6 rings (SSSR count). The molecule has 9 heteroatoms. The van der Waals surface area contributed by atoms with Gasteiger partial charge in [-0.3, -0.25) is 14.5 Å². The monoisotopic (exact) mass is 492 g/mol. The molecule has 2 aromatic rings. The molecule has 0 saturated carbocycles. The number of nitrogens with two attached hydrogens (primary N) is 1. The van der Waals surface area contributed by atoms with Gasteiger partial charge in [0.25, 0.3) is 5.91 Å². The van der Waals surface area contributed by atoms with Crippen LogP contribution in [0.15, 0.2) is 24.3 Å². The number of aliphatic hydroxyl groups is 1. The Labute approximate surface area is 211 Å². The summed E-state index contributed by atoms with van der Waals surface area (Å²) in [5.41, 5.74) is 9.28. The largest absolute Gasteiger partial charge is 0.391 e. The fourth-order valence-corrected chi connectivity index (χ4v) is 6.75. The molecule has 2 fully saturated rings. The van der Waals surface area contributed by atoms with Crippen LogP contribution < -0.4 is 11.1 Å². The zero-order chi connectivity index (χ0) is 24.8. The van der Waals surface area contributed by atoms with Crippen LogP contribution in [0.1, 0.15) is 39.6 Å². The lowest BCUT2D eigenvalue weighted by Gasteiger charge is -2.31. The third kappa shape index (κ3) is 4.44. The molecule has 1 aromatic heterocycles. The molecule has 4 N–H and O–H groups in total. The van der Waals surface area contributed by atoms with Crippen molar-refractivity contribution < 1.29 is 14.7 Å². The summed E-state index contributed by atoms with van der Waals surface area (Å²) in [5.74, 6) is 1.43. The number of imidazole rings is 1. The van der Waals surface area contributed by atoms with Gasteiger partial charge in [-0.25, -0.2) is 4.98 Å². The highest BCUT2D eigenvalue weighted by molar-refractivity contribution is 5.92. The van der Waals surface area contributed by atoms with E-state index in [1.54, 1.807) is 0 Å². The van der Waals surface area contributed by atoms with Crippen LogP contribution in [0.25, 0.3) is 0 Å². The van der Waals surface area contributed by atoms with Gasteiger partial charge in [-0.15, -0.1) is 0 Å². The number of nitrogens with one attached hydrogen (secondary N) is 1. The molecule has 0 aliphatic carbocycles. The fourth-order valence-electron chi connectivity index (χ4n) is 6.75. The summed E-state index contributed by atoms with van der Waals surface area (Å²) < 4.78 is 2.00. The Bertz CT molecular complexity index is 1150. The van der Waals surface area contributed by atoms with Gasteiger partial charge in [-0.1, -0.05) is 24.3 Å². The third-order valence-corrected chi connectivity index (χ3v) is 8.66. The molecule has 5 heterocycles. The number of aliphatic hydroxyl groups excluding tert-OH is 1. The zero-order valence-electron chi connectivity index (χ0n) is 20.7. The zero-order valence-corrected chi connectivity index (χ0v) is 20.7. The summed E-state index contributed by atoms with van der Waals surface area (Å²) in [6, 6.07) is 8.44. The van der Waals surface area contributed by atoms with Crippen molar-refractivity contribution in [3.05, 3.63) is 52.6 Å². The molecule has 2 saturated heterocycles. The molecule has 36 heavy (non-hydrogen) atoms. The molecule has 4 atom stereocenters. The second-order valence-electron chi connectivity index (χ2n) is 11.1. The summed E-state index contributed by atoms with van der Waals surface area (Å²) in [5, 5.41) is 14.5. The Morgan fingerprint density at radius 1 is 1.11 bits per heavy atom. The molecular formula is C27H36N6O3. The van der Waals surface area contributed by atoms with E-state index in [1.807, 2.05) is 9.47 Å². The molecule has 0 radical (unpaired) electrons. The normalized spacial score (nSPS) is 26.4. The average Bonchev–Trinajstić information content (AvgIpc) is 3.57. The topological polar surface area (TPSA) is 117 Å². The number of carbonyl (C=O) groups is 2. The minimum Gasteiger partial charge on any atom is -0.391 e. The number of hydrogen-bond donors (Lipinski definition) is 3. The summed E-state index contributed by atoms with van der Waals surface area (Å²) in [6.45, 7) is 6.38. The number of benzene rings is 1. The van der Waals surface area contributed by atoms with Gasteiger partial charge in [0, 0.05) is 65.2 Å². The maximum absolute atomic E-state index is 13.4. The van der Waals surface area contributed by atoms with E-state index in [2.05, 4.69) is 39.5 Å². The summed E-state index contributed by atoms with van der Waals surface area (Å²) in [7, 11) is 0. The molecule has 1 aromatic carbocycles. The van der Waals surface area contributed by atoms with E-state index in [0.29, 0.717) is 43.5 Å². The average molecular weight is 493 g/mol. The fraction of sp³-hybridized carbons (Fsp3) is 0.593. The number of β-amino-alcohol motifs (C(OH)–C–C–N with tert-alkyl or cyclic N) is 1. The lowest BCUT2D eigenvalue weighted by Crippen LogP contribution is -2.40. The van der Waals surface area contributed by atoms with Gasteiger partial charge in [0.15, 0.2) is 0 Å². The number of fused-ring (bicyclic) bond motifs is 3. The highest BCUT2D eigenvalue weighted by Gasteiger charge is 2.41. The van der Waals surface area contributed by atoms with E-state index in [0.717, 1.165) is 57.9 Å². The molecule has 4 aliphatic rings. The number of aryl methyl sites for hydroxylation is 1. The molecule has 0 spiro atoms. The van der Waals surface area contributed by atoms with E-state index in [4.69, 9.17) is 5.73 Å².